The predicted octanol–water partition coefficient (Wildman–Crippen LogP) is 3.10. The van der Waals surface area contributed by atoms with Gasteiger partial charge in [-0.3, -0.25) is 0 Å². The molecule has 0 bridgehead atoms. The van der Waals surface area contributed by atoms with Crippen molar-refractivity contribution in [3.8, 4) is 11.5 Å². The second-order valence-corrected chi connectivity index (χ2v) is 4.27. The molecule has 0 aliphatic carbocycles. The molecule has 1 heterocycles. The molecule has 19 heavy (non-hydrogen) atoms. The molecule has 1 aliphatic heterocycles. The Kier molecular flexibility index (Phi) is 2.56. The number of esters is 2. The maximum absolute atomic E-state index is 11.6. The third kappa shape index (κ3) is 1.97. The number of cyclic esters (lactones) is 2. The molecule has 0 fully saturated rings. The number of hydrogen-bond donors (Lipinski definition) is 0. The van der Waals surface area contributed by atoms with Crippen molar-refractivity contribution in [3.63, 3.8) is 0 Å². The Bertz CT molecular complexity index is 671. The first-order valence-electron chi connectivity index (χ1n) is 5.79. The van der Waals surface area contributed by atoms with Gasteiger partial charge in [-0.15, -0.1) is 0 Å². The molecule has 2 aromatic carbocycles. The van der Waals surface area contributed by atoms with E-state index in [0.717, 1.165) is 5.56 Å². The van der Waals surface area contributed by atoms with E-state index in [1.165, 1.54) is 0 Å². The van der Waals surface area contributed by atoms with Gasteiger partial charge in [0.1, 0.15) is 17.1 Å². The van der Waals surface area contributed by atoms with E-state index in [2.05, 4.69) is 4.74 Å². The quantitative estimate of drug-likeness (QED) is 0.610. The minimum absolute atomic E-state index is 0.188. The van der Waals surface area contributed by atoms with Crippen LogP contribution in [-0.4, -0.2) is 11.9 Å². The zero-order chi connectivity index (χ0) is 13.4. The molecule has 0 N–H and O–H groups in total. The number of aryl methyl sites for hydroxylation is 1. The van der Waals surface area contributed by atoms with Crippen molar-refractivity contribution in [1.29, 1.82) is 0 Å². The van der Waals surface area contributed by atoms with Crippen LogP contribution in [0.4, 0.5) is 0 Å². The highest BCUT2D eigenvalue weighted by atomic mass is 16.6. The number of ether oxygens (including phenoxy) is 2. The topological polar surface area (TPSA) is 52.6 Å². The molecule has 3 rings (SSSR count). The smallest absolute Gasteiger partial charge is 0.350 e. The number of rotatable bonds is 2. The third-order valence-corrected chi connectivity index (χ3v) is 2.88. The maximum Gasteiger partial charge on any atom is 0.350 e. The number of fused-ring (bicyclic) bond motifs is 1. The highest BCUT2D eigenvalue weighted by molar-refractivity contribution is 6.16. The lowest BCUT2D eigenvalue weighted by molar-refractivity contribution is 0.0443. The summed E-state index contributed by atoms with van der Waals surface area (Å²) in [5.41, 5.74) is 1.54. The first-order chi connectivity index (χ1) is 9.15. The minimum atomic E-state index is -0.664. The van der Waals surface area contributed by atoms with Gasteiger partial charge in [0.15, 0.2) is 0 Å². The van der Waals surface area contributed by atoms with E-state index < -0.39 is 11.9 Å². The van der Waals surface area contributed by atoms with Crippen LogP contribution in [-0.2, 0) is 4.74 Å². The van der Waals surface area contributed by atoms with Crippen molar-refractivity contribution in [2.24, 2.45) is 0 Å². The van der Waals surface area contributed by atoms with Gasteiger partial charge in [-0.1, -0.05) is 23.8 Å². The molecular formula is C15H10O4. The van der Waals surface area contributed by atoms with Crippen LogP contribution in [0.25, 0.3) is 0 Å². The summed E-state index contributed by atoms with van der Waals surface area (Å²) in [5, 5.41) is 0. The van der Waals surface area contributed by atoms with Crippen LogP contribution in [0.3, 0.4) is 0 Å². The summed E-state index contributed by atoms with van der Waals surface area (Å²) in [7, 11) is 0. The van der Waals surface area contributed by atoms with Gasteiger partial charge >= 0.3 is 11.9 Å². The largest absolute Gasteiger partial charge is 0.456 e. The van der Waals surface area contributed by atoms with Gasteiger partial charge in [0, 0.05) is 0 Å². The van der Waals surface area contributed by atoms with E-state index in [-0.39, 0.29) is 11.1 Å². The van der Waals surface area contributed by atoms with Crippen molar-refractivity contribution >= 4 is 11.9 Å². The molecule has 0 saturated carbocycles. The molecule has 2 aromatic rings. The highest BCUT2D eigenvalue weighted by Gasteiger charge is 2.33. The lowest BCUT2D eigenvalue weighted by atomic mass is 10.1. The van der Waals surface area contributed by atoms with Gasteiger partial charge < -0.3 is 9.47 Å². The van der Waals surface area contributed by atoms with E-state index >= 15 is 0 Å². The molecule has 4 heteroatoms. The predicted molar refractivity (Wildman–Crippen MR) is 67.4 cm³/mol. The van der Waals surface area contributed by atoms with Gasteiger partial charge in [-0.2, -0.15) is 0 Å². The van der Waals surface area contributed by atoms with Crippen LogP contribution in [0.5, 0.6) is 11.5 Å². The van der Waals surface area contributed by atoms with Gasteiger partial charge in [-0.25, -0.2) is 9.59 Å². The Hall–Kier alpha value is -2.62. The third-order valence-electron chi connectivity index (χ3n) is 2.88. The van der Waals surface area contributed by atoms with E-state index in [1.54, 1.807) is 30.3 Å². The lowest BCUT2D eigenvalue weighted by Crippen LogP contribution is -1.98. The normalized spacial score (nSPS) is 13.1. The Labute approximate surface area is 109 Å². The molecule has 1 aliphatic rings. The summed E-state index contributed by atoms with van der Waals surface area (Å²) in [6.07, 6.45) is 0. The fourth-order valence-electron chi connectivity index (χ4n) is 1.92. The van der Waals surface area contributed by atoms with E-state index in [4.69, 9.17) is 4.74 Å². The van der Waals surface area contributed by atoms with Crippen molar-refractivity contribution in [2.75, 3.05) is 0 Å². The molecule has 0 atom stereocenters. The van der Waals surface area contributed by atoms with Gasteiger partial charge in [-0.05, 0) is 31.2 Å². The Balaban J connectivity index is 2.01. The Morgan fingerprint density at radius 3 is 2.42 bits per heavy atom. The molecule has 0 spiro atoms. The lowest BCUT2D eigenvalue weighted by Gasteiger charge is -2.07. The van der Waals surface area contributed by atoms with Gasteiger partial charge in [0.05, 0.1) is 5.56 Å². The second-order valence-electron chi connectivity index (χ2n) is 4.27. The number of hydrogen-bond acceptors (Lipinski definition) is 4. The number of benzene rings is 2. The Morgan fingerprint density at radius 1 is 0.947 bits per heavy atom. The summed E-state index contributed by atoms with van der Waals surface area (Å²) < 4.78 is 10.2. The Morgan fingerprint density at radius 2 is 1.68 bits per heavy atom. The fraction of sp³-hybridized carbons (Fsp3) is 0.0667. The molecular weight excluding hydrogens is 244 g/mol. The van der Waals surface area contributed by atoms with Crippen LogP contribution in [0, 0.1) is 6.92 Å². The first-order valence-corrected chi connectivity index (χ1v) is 5.79. The van der Waals surface area contributed by atoms with Crippen LogP contribution in [0.1, 0.15) is 26.3 Å². The van der Waals surface area contributed by atoms with E-state index in [0.29, 0.717) is 11.5 Å². The molecule has 0 amide bonds. The average molecular weight is 254 g/mol. The van der Waals surface area contributed by atoms with Gasteiger partial charge in [0.2, 0.25) is 0 Å². The summed E-state index contributed by atoms with van der Waals surface area (Å²) in [4.78, 5) is 23.0. The zero-order valence-corrected chi connectivity index (χ0v) is 10.2. The fourth-order valence-corrected chi connectivity index (χ4v) is 1.92. The van der Waals surface area contributed by atoms with Crippen LogP contribution in [0.2, 0.25) is 0 Å². The monoisotopic (exact) mass is 254 g/mol. The average Bonchev–Trinajstić information content (AvgIpc) is 2.69. The standard InChI is InChI=1S/C15H10O4/c1-9-5-7-10(8-6-9)18-12-4-2-3-11-13(12)15(17)19-14(11)16/h2-8H,1H3. The second kappa shape index (κ2) is 4.24. The molecule has 94 valence electrons. The maximum atomic E-state index is 11.6. The zero-order valence-electron chi connectivity index (χ0n) is 10.2. The van der Waals surface area contributed by atoms with Crippen molar-refractivity contribution in [1.82, 2.24) is 0 Å². The molecule has 0 aromatic heterocycles. The van der Waals surface area contributed by atoms with Crippen LogP contribution in [0.15, 0.2) is 42.5 Å². The van der Waals surface area contributed by atoms with Crippen LogP contribution >= 0.6 is 0 Å². The summed E-state index contributed by atoms with van der Waals surface area (Å²) in [6.45, 7) is 1.97. The van der Waals surface area contributed by atoms with Gasteiger partial charge in [0.25, 0.3) is 0 Å². The van der Waals surface area contributed by atoms with Crippen molar-refractivity contribution < 1.29 is 19.1 Å². The summed E-state index contributed by atoms with van der Waals surface area (Å²) >= 11 is 0. The minimum Gasteiger partial charge on any atom is -0.456 e. The molecule has 0 unspecified atom stereocenters. The number of carbonyl (C=O) groups is 2. The summed E-state index contributed by atoms with van der Waals surface area (Å²) in [5.74, 6) is -0.361. The summed E-state index contributed by atoms with van der Waals surface area (Å²) in [6, 6.07) is 12.3. The van der Waals surface area contributed by atoms with E-state index in [1.807, 2.05) is 19.1 Å². The highest BCUT2D eigenvalue weighted by Crippen LogP contribution is 2.32. The van der Waals surface area contributed by atoms with Crippen molar-refractivity contribution in [3.05, 3.63) is 59.2 Å². The SMILES string of the molecule is Cc1ccc(Oc2cccc3c2C(=O)OC3=O)cc1. The van der Waals surface area contributed by atoms with Crippen LogP contribution < -0.4 is 4.74 Å². The first kappa shape index (κ1) is 11.5. The number of carbonyl (C=O) groups excluding carboxylic acids is 2. The molecule has 0 saturated heterocycles. The molecule has 0 radical (unpaired) electrons. The van der Waals surface area contributed by atoms with Crippen molar-refractivity contribution in [2.45, 2.75) is 6.92 Å². The van der Waals surface area contributed by atoms with E-state index in [9.17, 15) is 9.59 Å². The molecule has 4 nitrogen and oxygen atoms in total.